The number of hydrogen-bond acceptors (Lipinski definition) is 4. The molecule has 0 spiro atoms. The number of ether oxygens (including phenoxy) is 2. The predicted octanol–water partition coefficient (Wildman–Crippen LogP) is 2.54. The lowest BCUT2D eigenvalue weighted by atomic mass is 10.1. The minimum Gasteiger partial charge on any atom is -0.486 e. The molecule has 27 heavy (non-hydrogen) atoms. The van der Waals surface area contributed by atoms with Crippen LogP contribution in [0.25, 0.3) is 0 Å². The van der Waals surface area contributed by atoms with Gasteiger partial charge in [-0.2, -0.15) is 0 Å². The van der Waals surface area contributed by atoms with Gasteiger partial charge in [0.05, 0.1) is 0 Å². The lowest BCUT2D eigenvalue weighted by molar-refractivity contribution is -0.130. The molecule has 0 unspecified atom stereocenters. The zero-order chi connectivity index (χ0) is 19.2. The Balaban J connectivity index is 1.48. The highest BCUT2D eigenvalue weighted by Crippen LogP contribution is 2.31. The van der Waals surface area contributed by atoms with Crippen molar-refractivity contribution in [3.63, 3.8) is 0 Å². The van der Waals surface area contributed by atoms with Gasteiger partial charge in [0.15, 0.2) is 11.5 Å². The van der Waals surface area contributed by atoms with E-state index < -0.39 is 0 Å². The molecule has 0 aromatic heterocycles. The summed E-state index contributed by atoms with van der Waals surface area (Å²) in [5.41, 5.74) is 2.52. The summed E-state index contributed by atoms with van der Waals surface area (Å²) >= 11 is 0. The zero-order valence-electron chi connectivity index (χ0n) is 15.7. The topological polar surface area (TPSA) is 67.9 Å². The minimum atomic E-state index is -0.157. The monoisotopic (exact) mass is 368 g/mol. The minimum absolute atomic E-state index is 0.0324. The van der Waals surface area contributed by atoms with Crippen molar-refractivity contribution in [2.24, 2.45) is 0 Å². The van der Waals surface area contributed by atoms with Crippen molar-refractivity contribution in [2.75, 3.05) is 26.8 Å². The number of rotatable bonds is 6. The zero-order valence-corrected chi connectivity index (χ0v) is 15.7. The van der Waals surface area contributed by atoms with Gasteiger partial charge in [0, 0.05) is 32.1 Å². The fourth-order valence-electron chi connectivity index (χ4n) is 2.94. The molecule has 6 nitrogen and oxygen atoms in total. The fourth-order valence-corrected chi connectivity index (χ4v) is 2.94. The summed E-state index contributed by atoms with van der Waals surface area (Å²) in [6.45, 7) is 3.75. The van der Waals surface area contributed by atoms with Gasteiger partial charge in [0.1, 0.15) is 13.2 Å². The molecule has 0 aliphatic carbocycles. The quantitative estimate of drug-likeness (QED) is 0.851. The molecule has 3 rings (SSSR count). The standard InChI is InChI=1S/C21H24N2O4/c1-15-5-3-4-6-17(15)21(25)22-10-9-20(24)23(2)14-16-7-8-18-19(13-16)27-12-11-26-18/h3-8,13H,9-12,14H2,1-2H3,(H,22,25). The summed E-state index contributed by atoms with van der Waals surface area (Å²) in [7, 11) is 1.75. The summed E-state index contributed by atoms with van der Waals surface area (Å²) in [6.07, 6.45) is 0.249. The van der Waals surface area contributed by atoms with E-state index in [1.165, 1.54) is 0 Å². The smallest absolute Gasteiger partial charge is 0.251 e. The first-order valence-electron chi connectivity index (χ1n) is 9.01. The molecule has 1 aliphatic rings. The summed E-state index contributed by atoms with van der Waals surface area (Å²) < 4.78 is 11.1. The molecule has 2 amide bonds. The van der Waals surface area contributed by atoms with E-state index in [-0.39, 0.29) is 18.2 Å². The van der Waals surface area contributed by atoms with Crippen molar-refractivity contribution in [2.45, 2.75) is 19.9 Å². The molecular weight excluding hydrogens is 344 g/mol. The van der Waals surface area contributed by atoms with Crippen molar-refractivity contribution in [1.29, 1.82) is 0 Å². The molecule has 6 heteroatoms. The Bertz CT molecular complexity index is 835. The average Bonchev–Trinajstić information content (AvgIpc) is 2.68. The van der Waals surface area contributed by atoms with Gasteiger partial charge in [-0.1, -0.05) is 24.3 Å². The van der Waals surface area contributed by atoms with E-state index in [0.29, 0.717) is 37.6 Å². The Morgan fingerprint density at radius 2 is 1.81 bits per heavy atom. The van der Waals surface area contributed by atoms with Crippen LogP contribution in [-0.4, -0.2) is 43.5 Å². The third kappa shape index (κ3) is 4.78. The van der Waals surface area contributed by atoms with Gasteiger partial charge in [-0.05, 0) is 36.2 Å². The molecule has 2 aromatic carbocycles. The Morgan fingerprint density at radius 3 is 2.59 bits per heavy atom. The van der Waals surface area contributed by atoms with Crippen LogP contribution in [0.4, 0.5) is 0 Å². The molecule has 0 radical (unpaired) electrons. The van der Waals surface area contributed by atoms with Crippen LogP contribution < -0.4 is 14.8 Å². The fraction of sp³-hybridized carbons (Fsp3) is 0.333. The largest absolute Gasteiger partial charge is 0.486 e. The molecule has 142 valence electrons. The number of hydrogen-bond donors (Lipinski definition) is 1. The third-order valence-corrected chi connectivity index (χ3v) is 4.47. The molecule has 2 aromatic rings. The van der Waals surface area contributed by atoms with Gasteiger partial charge in [0.25, 0.3) is 5.91 Å². The van der Waals surface area contributed by atoms with E-state index in [1.54, 1.807) is 18.0 Å². The number of aryl methyl sites for hydroxylation is 1. The van der Waals surface area contributed by atoms with Crippen molar-refractivity contribution in [1.82, 2.24) is 10.2 Å². The van der Waals surface area contributed by atoms with E-state index in [1.807, 2.05) is 43.3 Å². The van der Waals surface area contributed by atoms with Crippen LogP contribution in [0.3, 0.4) is 0 Å². The van der Waals surface area contributed by atoms with Crippen molar-refractivity contribution in [3.8, 4) is 11.5 Å². The van der Waals surface area contributed by atoms with Crippen molar-refractivity contribution < 1.29 is 19.1 Å². The van der Waals surface area contributed by atoms with Crippen LogP contribution in [0.1, 0.15) is 27.9 Å². The molecule has 1 aliphatic heterocycles. The Kier molecular flexibility index (Phi) is 5.96. The average molecular weight is 368 g/mol. The van der Waals surface area contributed by atoms with Gasteiger partial charge in [-0.25, -0.2) is 0 Å². The molecule has 1 N–H and O–H groups in total. The lowest BCUT2D eigenvalue weighted by Gasteiger charge is -2.21. The van der Waals surface area contributed by atoms with Crippen LogP contribution >= 0.6 is 0 Å². The number of carbonyl (C=O) groups is 2. The molecule has 0 fully saturated rings. The number of fused-ring (bicyclic) bond motifs is 1. The lowest BCUT2D eigenvalue weighted by Crippen LogP contribution is -2.32. The first kappa shape index (κ1) is 18.8. The van der Waals surface area contributed by atoms with E-state index in [4.69, 9.17) is 9.47 Å². The summed E-state index contributed by atoms with van der Waals surface area (Å²) in [5.74, 6) is 1.26. The number of nitrogens with zero attached hydrogens (tertiary/aromatic N) is 1. The van der Waals surface area contributed by atoms with Gasteiger partial charge in [-0.15, -0.1) is 0 Å². The Labute approximate surface area is 159 Å². The number of carbonyl (C=O) groups excluding carboxylic acids is 2. The third-order valence-electron chi connectivity index (χ3n) is 4.47. The van der Waals surface area contributed by atoms with E-state index in [0.717, 1.165) is 16.9 Å². The summed E-state index contributed by atoms with van der Waals surface area (Å²) in [5, 5.41) is 2.81. The van der Waals surface area contributed by atoms with Gasteiger partial charge in [0.2, 0.25) is 5.91 Å². The van der Waals surface area contributed by atoms with Crippen LogP contribution in [-0.2, 0) is 11.3 Å². The normalized spacial score (nSPS) is 12.4. The van der Waals surface area contributed by atoms with Gasteiger partial charge < -0.3 is 19.7 Å². The Hall–Kier alpha value is -3.02. The van der Waals surface area contributed by atoms with Crippen molar-refractivity contribution in [3.05, 3.63) is 59.2 Å². The van der Waals surface area contributed by atoms with E-state index in [2.05, 4.69) is 5.32 Å². The van der Waals surface area contributed by atoms with Gasteiger partial charge in [-0.3, -0.25) is 9.59 Å². The van der Waals surface area contributed by atoms with Crippen LogP contribution in [0.2, 0.25) is 0 Å². The SMILES string of the molecule is Cc1ccccc1C(=O)NCCC(=O)N(C)Cc1ccc2c(c1)OCCO2. The predicted molar refractivity (Wildman–Crippen MR) is 102 cm³/mol. The first-order chi connectivity index (χ1) is 13.0. The maximum Gasteiger partial charge on any atom is 0.251 e. The number of benzene rings is 2. The molecule has 1 heterocycles. The first-order valence-corrected chi connectivity index (χ1v) is 9.01. The maximum atomic E-state index is 12.3. The highest BCUT2D eigenvalue weighted by molar-refractivity contribution is 5.95. The maximum absolute atomic E-state index is 12.3. The van der Waals surface area contributed by atoms with E-state index >= 15 is 0 Å². The second kappa shape index (κ2) is 8.58. The highest BCUT2D eigenvalue weighted by atomic mass is 16.6. The van der Waals surface area contributed by atoms with Crippen molar-refractivity contribution >= 4 is 11.8 Å². The molecule has 0 atom stereocenters. The van der Waals surface area contributed by atoms with Gasteiger partial charge >= 0.3 is 0 Å². The second-order valence-corrected chi connectivity index (χ2v) is 6.55. The van der Waals surface area contributed by atoms with Crippen LogP contribution in [0.5, 0.6) is 11.5 Å². The molecule has 0 saturated carbocycles. The number of nitrogens with one attached hydrogen (secondary N) is 1. The molecule has 0 bridgehead atoms. The molecule has 0 saturated heterocycles. The van der Waals surface area contributed by atoms with Crippen LogP contribution in [0, 0.1) is 6.92 Å². The Morgan fingerprint density at radius 1 is 1.07 bits per heavy atom. The molecular formula is C21H24N2O4. The summed E-state index contributed by atoms with van der Waals surface area (Å²) in [4.78, 5) is 26.2. The summed E-state index contributed by atoms with van der Waals surface area (Å²) in [6, 6.07) is 13.1. The van der Waals surface area contributed by atoms with E-state index in [9.17, 15) is 9.59 Å². The van der Waals surface area contributed by atoms with Crippen LogP contribution in [0.15, 0.2) is 42.5 Å². The number of amides is 2. The highest BCUT2D eigenvalue weighted by Gasteiger charge is 2.15. The second-order valence-electron chi connectivity index (χ2n) is 6.55.